The zero-order chi connectivity index (χ0) is 13.5. The Morgan fingerprint density at radius 3 is 2.74 bits per heavy atom. The lowest BCUT2D eigenvalue weighted by atomic mass is 10.1. The maximum atomic E-state index is 9.99. The first-order chi connectivity index (χ1) is 9.05. The Morgan fingerprint density at radius 1 is 1.16 bits per heavy atom. The first kappa shape index (κ1) is 11.9. The zero-order valence-corrected chi connectivity index (χ0v) is 10.9. The van der Waals surface area contributed by atoms with Crippen molar-refractivity contribution in [3.8, 4) is 11.3 Å². The molecule has 0 saturated heterocycles. The van der Waals surface area contributed by atoms with Gasteiger partial charge in [0.1, 0.15) is 5.60 Å². The van der Waals surface area contributed by atoms with Crippen molar-refractivity contribution >= 4 is 10.9 Å². The summed E-state index contributed by atoms with van der Waals surface area (Å²) in [6.45, 7) is 3.36. The molecule has 0 amide bonds. The van der Waals surface area contributed by atoms with Crippen molar-refractivity contribution in [3.63, 3.8) is 0 Å². The van der Waals surface area contributed by atoms with E-state index in [9.17, 15) is 5.11 Å². The summed E-state index contributed by atoms with van der Waals surface area (Å²) >= 11 is 0. The molecule has 0 aliphatic carbocycles. The van der Waals surface area contributed by atoms with Crippen LogP contribution in [0.2, 0.25) is 0 Å². The van der Waals surface area contributed by atoms with Gasteiger partial charge in [0, 0.05) is 28.9 Å². The number of hydrogen-bond acceptors (Lipinski definition) is 3. The van der Waals surface area contributed by atoms with Gasteiger partial charge in [0.05, 0.1) is 5.69 Å². The van der Waals surface area contributed by atoms with Crippen molar-refractivity contribution in [2.75, 3.05) is 0 Å². The number of para-hydroxylation sites is 1. The van der Waals surface area contributed by atoms with Crippen molar-refractivity contribution in [1.29, 1.82) is 0 Å². The minimum atomic E-state index is -1.04. The van der Waals surface area contributed by atoms with E-state index in [1.165, 1.54) is 0 Å². The molecule has 4 heteroatoms. The minimum absolute atomic E-state index is 0.426. The summed E-state index contributed by atoms with van der Waals surface area (Å²) in [5, 5.41) is 11.1. The third-order valence-electron chi connectivity index (χ3n) is 3.07. The normalized spacial score (nSPS) is 11.9. The third-order valence-corrected chi connectivity index (χ3v) is 3.07. The monoisotopic (exact) mass is 253 g/mol. The number of benzene rings is 1. The predicted octanol–water partition coefficient (Wildman–Crippen LogP) is 2.85. The van der Waals surface area contributed by atoms with Crippen LogP contribution < -0.4 is 0 Å². The van der Waals surface area contributed by atoms with Crippen LogP contribution in [0.25, 0.3) is 22.2 Å². The van der Waals surface area contributed by atoms with Gasteiger partial charge in [-0.3, -0.25) is 0 Å². The highest BCUT2D eigenvalue weighted by Gasteiger charge is 2.20. The van der Waals surface area contributed by atoms with Crippen molar-refractivity contribution in [1.82, 2.24) is 15.0 Å². The molecule has 0 radical (unpaired) electrons. The topological polar surface area (TPSA) is 61.8 Å². The van der Waals surface area contributed by atoms with Gasteiger partial charge in [0.25, 0.3) is 0 Å². The first-order valence-electron chi connectivity index (χ1n) is 6.18. The molecule has 1 aromatic carbocycles. The molecular weight excluding hydrogens is 238 g/mol. The van der Waals surface area contributed by atoms with Gasteiger partial charge in [-0.05, 0) is 26.0 Å². The summed E-state index contributed by atoms with van der Waals surface area (Å²) in [4.78, 5) is 11.8. The van der Waals surface area contributed by atoms with Gasteiger partial charge >= 0.3 is 0 Å². The molecule has 2 aromatic heterocycles. The molecule has 0 unspecified atom stereocenters. The molecule has 0 spiro atoms. The summed E-state index contributed by atoms with van der Waals surface area (Å²) in [5.74, 6) is 0.426. The maximum absolute atomic E-state index is 9.99. The van der Waals surface area contributed by atoms with E-state index in [1.54, 1.807) is 20.0 Å². The Bertz CT molecular complexity index is 725. The Morgan fingerprint density at radius 2 is 1.95 bits per heavy atom. The zero-order valence-electron chi connectivity index (χ0n) is 10.9. The van der Waals surface area contributed by atoms with Gasteiger partial charge in [-0.2, -0.15) is 0 Å². The Kier molecular flexibility index (Phi) is 2.61. The van der Waals surface area contributed by atoms with E-state index in [-0.39, 0.29) is 0 Å². The van der Waals surface area contributed by atoms with Gasteiger partial charge in [0.15, 0.2) is 5.82 Å². The van der Waals surface area contributed by atoms with Gasteiger partial charge in [-0.1, -0.05) is 18.2 Å². The number of aromatic amines is 1. The fourth-order valence-corrected chi connectivity index (χ4v) is 2.09. The summed E-state index contributed by atoms with van der Waals surface area (Å²) in [6, 6.07) is 9.91. The molecule has 96 valence electrons. The Balaban J connectivity index is 2.17. The summed E-state index contributed by atoms with van der Waals surface area (Å²) < 4.78 is 0. The lowest BCUT2D eigenvalue weighted by molar-refractivity contribution is 0.0688. The largest absolute Gasteiger partial charge is 0.382 e. The van der Waals surface area contributed by atoms with Crippen LogP contribution in [0.1, 0.15) is 19.7 Å². The van der Waals surface area contributed by atoms with E-state index in [4.69, 9.17) is 0 Å². The van der Waals surface area contributed by atoms with Gasteiger partial charge in [-0.25, -0.2) is 9.97 Å². The number of rotatable bonds is 2. The molecule has 0 fully saturated rings. The van der Waals surface area contributed by atoms with Crippen LogP contribution in [0.15, 0.2) is 42.7 Å². The van der Waals surface area contributed by atoms with E-state index in [0.29, 0.717) is 5.82 Å². The number of aromatic nitrogens is 3. The van der Waals surface area contributed by atoms with Crippen LogP contribution in [0.3, 0.4) is 0 Å². The van der Waals surface area contributed by atoms with Crippen molar-refractivity contribution in [2.24, 2.45) is 0 Å². The second-order valence-electron chi connectivity index (χ2n) is 5.07. The van der Waals surface area contributed by atoms with Crippen LogP contribution in [0.5, 0.6) is 0 Å². The molecule has 3 aromatic rings. The lowest BCUT2D eigenvalue weighted by Crippen LogP contribution is -2.19. The second-order valence-corrected chi connectivity index (χ2v) is 5.07. The maximum Gasteiger partial charge on any atom is 0.160 e. The van der Waals surface area contributed by atoms with Gasteiger partial charge in [0.2, 0.25) is 0 Å². The minimum Gasteiger partial charge on any atom is -0.382 e. The van der Waals surface area contributed by atoms with Crippen LogP contribution in [0.4, 0.5) is 0 Å². The number of nitrogens with zero attached hydrogens (tertiary/aromatic N) is 2. The smallest absolute Gasteiger partial charge is 0.160 e. The highest BCUT2D eigenvalue weighted by atomic mass is 16.3. The van der Waals surface area contributed by atoms with Crippen molar-refractivity contribution < 1.29 is 5.11 Å². The quantitative estimate of drug-likeness (QED) is 0.738. The van der Waals surface area contributed by atoms with E-state index >= 15 is 0 Å². The highest BCUT2D eigenvalue weighted by molar-refractivity contribution is 5.94. The SMILES string of the molecule is CC(C)(O)c1nccc(-c2c[nH]c3ccccc23)n1. The van der Waals surface area contributed by atoms with E-state index in [1.807, 2.05) is 36.5 Å². The fourth-order valence-electron chi connectivity index (χ4n) is 2.09. The number of fused-ring (bicyclic) bond motifs is 1. The lowest BCUT2D eigenvalue weighted by Gasteiger charge is -2.15. The van der Waals surface area contributed by atoms with E-state index < -0.39 is 5.60 Å². The Hall–Kier alpha value is -2.20. The van der Waals surface area contributed by atoms with Gasteiger partial charge < -0.3 is 10.1 Å². The Labute approximate surface area is 111 Å². The molecule has 0 saturated carbocycles. The number of H-pyrrole nitrogens is 1. The van der Waals surface area contributed by atoms with Crippen LogP contribution in [-0.2, 0) is 5.60 Å². The molecule has 0 bridgehead atoms. The average molecular weight is 253 g/mol. The van der Waals surface area contributed by atoms with Crippen LogP contribution in [-0.4, -0.2) is 20.1 Å². The molecule has 0 atom stereocenters. The predicted molar refractivity (Wildman–Crippen MR) is 74.6 cm³/mol. The average Bonchev–Trinajstić information content (AvgIpc) is 2.82. The van der Waals surface area contributed by atoms with Crippen molar-refractivity contribution in [2.45, 2.75) is 19.4 Å². The van der Waals surface area contributed by atoms with Crippen LogP contribution in [0, 0.1) is 0 Å². The molecular formula is C15H15N3O. The molecule has 19 heavy (non-hydrogen) atoms. The second kappa shape index (κ2) is 4.17. The first-order valence-corrected chi connectivity index (χ1v) is 6.18. The molecule has 0 aliphatic rings. The van der Waals surface area contributed by atoms with E-state index in [0.717, 1.165) is 22.2 Å². The molecule has 0 aliphatic heterocycles. The summed E-state index contributed by atoms with van der Waals surface area (Å²) in [6.07, 6.45) is 3.61. The fraction of sp³-hybridized carbons (Fsp3) is 0.200. The van der Waals surface area contributed by atoms with Gasteiger partial charge in [-0.15, -0.1) is 0 Å². The number of hydrogen-bond donors (Lipinski definition) is 2. The molecule has 2 N–H and O–H groups in total. The molecule has 3 rings (SSSR count). The third kappa shape index (κ3) is 2.11. The number of nitrogens with one attached hydrogen (secondary N) is 1. The number of aliphatic hydroxyl groups is 1. The molecule has 4 nitrogen and oxygen atoms in total. The summed E-state index contributed by atoms with van der Waals surface area (Å²) in [5.41, 5.74) is 1.86. The standard InChI is InChI=1S/C15H15N3O/c1-15(2,19)14-16-8-7-13(18-14)11-9-17-12-6-4-3-5-10(11)12/h3-9,17,19H,1-2H3. The van der Waals surface area contributed by atoms with E-state index in [2.05, 4.69) is 15.0 Å². The molecule has 2 heterocycles. The summed E-state index contributed by atoms with van der Waals surface area (Å²) in [7, 11) is 0. The van der Waals surface area contributed by atoms with Crippen LogP contribution >= 0.6 is 0 Å². The highest BCUT2D eigenvalue weighted by Crippen LogP contribution is 2.27. The van der Waals surface area contributed by atoms with Crippen molar-refractivity contribution in [3.05, 3.63) is 48.5 Å².